The molecule has 2 fully saturated rings. The number of likely N-dealkylation sites (tertiary alicyclic amines) is 1. The number of methoxy groups -OCH3 is 1. The second-order valence-electron chi connectivity index (χ2n) is 7.39. The Hall–Kier alpha value is -1.86. The maximum atomic E-state index is 11.7. The summed E-state index contributed by atoms with van der Waals surface area (Å²) in [5.41, 5.74) is 6.89. The zero-order chi connectivity index (χ0) is 18.3. The van der Waals surface area contributed by atoms with Crippen LogP contribution in [0.5, 0.6) is 5.75 Å². The van der Waals surface area contributed by atoms with E-state index in [9.17, 15) is 4.79 Å². The first-order valence-corrected chi connectivity index (χ1v) is 9.59. The van der Waals surface area contributed by atoms with Gasteiger partial charge >= 0.3 is 0 Å². The number of rotatable bonds is 5. The SMILES string of the molecule is COc1c(C(N)=O)cc(Cl)c2c1nnn2C1CCCCN(CC2CC2)C1. The van der Waals surface area contributed by atoms with E-state index in [1.54, 1.807) is 6.07 Å². The third kappa shape index (κ3) is 3.25. The number of ether oxygens (including phenoxy) is 1. The van der Waals surface area contributed by atoms with Gasteiger partial charge in [0.25, 0.3) is 5.91 Å². The molecule has 1 saturated heterocycles. The van der Waals surface area contributed by atoms with Crippen molar-refractivity contribution in [3.63, 3.8) is 0 Å². The zero-order valence-electron chi connectivity index (χ0n) is 14.9. The van der Waals surface area contributed by atoms with Crippen LogP contribution in [0.1, 0.15) is 48.5 Å². The fourth-order valence-corrected chi connectivity index (χ4v) is 4.21. The number of carbonyl (C=O) groups excluding carboxylic acids is 1. The fourth-order valence-electron chi connectivity index (χ4n) is 3.93. The molecule has 0 radical (unpaired) electrons. The van der Waals surface area contributed by atoms with Gasteiger partial charge in [-0.25, -0.2) is 4.68 Å². The minimum absolute atomic E-state index is 0.211. The van der Waals surface area contributed by atoms with Crippen molar-refractivity contribution < 1.29 is 9.53 Å². The number of fused-ring (bicyclic) bond motifs is 1. The lowest BCUT2D eigenvalue weighted by atomic mass is 10.1. The quantitative estimate of drug-likeness (QED) is 0.865. The fraction of sp³-hybridized carbons (Fsp3) is 0.611. The second kappa shape index (κ2) is 7.04. The van der Waals surface area contributed by atoms with E-state index in [0.29, 0.717) is 21.8 Å². The van der Waals surface area contributed by atoms with Crippen molar-refractivity contribution in [1.82, 2.24) is 19.9 Å². The molecule has 1 aromatic carbocycles. The normalized spacial score (nSPS) is 21.7. The van der Waals surface area contributed by atoms with Gasteiger partial charge in [0.05, 0.1) is 23.7 Å². The first kappa shape index (κ1) is 17.5. The van der Waals surface area contributed by atoms with Crippen molar-refractivity contribution >= 4 is 28.5 Å². The number of hydrogen-bond donors (Lipinski definition) is 1. The lowest BCUT2D eigenvalue weighted by Gasteiger charge is -2.24. The Morgan fingerprint density at radius 3 is 2.88 bits per heavy atom. The number of primary amides is 1. The Morgan fingerprint density at radius 2 is 2.19 bits per heavy atom. The molecule has 2 aromatic rings. The monoisotopic (exact) mass is 377 g/mol. The number of nitrogens with two attached hydrogens (primary N) is 1. The van der Waals surface area contributed by atoms with Crippen LogP contribution in [0.2, 0.25) is 5.02 Å². The minimum atomic E-state index is -0.592. The Kier molecular flexibility index (Phi) is 4.75. The molecule has 0 bridgehead atoms. The lowest BCUT2D eigenvalue weighted by Crippen LogP contribution is -2.32. The topological polar surface area (TPSA) is 86.3 Å². The Bertz CT molecular complexity index is 833. The highest BCUT2D eigenvalue weighted by atomic mass is 35.5. The van der Waals surface area contributed by atoms with Crippen LogP contribution >= 0.6 is 11.6 Å². The van der Waals surface area contributed by atoms with Crippen molar-refractivity contribution in [2.75, 3.05) is 26.7 Å². The maximum Gasteiger partial charge on any atom is 0.252 e. The molecule has 1 aliphatic heterocycles. The maximum absolute atomic E-state index is 11.7. The molecule has 8 heteroatoms. The van der Waals surface area contributed by atoms with Crippen molar-refractivity contribution in [1.29, 1.82) is 0 Å². The zero-order valence-corrected chi connectivity index (χ0v) is 15.7. The third-order valence-electron chi connectivity index (χ3n) is 5.41. The molecule has 1 atom stereocenters. The standard InChI is InChI=1S/C18H24ClN5O2/c1-26-17-13(18(20)25)8-14(19)16-15(17)21-22-24(16)12-4-2-3-7-23(10-12)9-11-5-6-11/h8,11-12H,2-7,9-10H2,1H3,(H2,20,25). The Morgan fingerprint density at radius 1 is 1.38 bits per heavy atom. The average molecular weight is 378 g/mol. The van der Waals surface area contributed by atoms with Crippen LogP contribution in [0.25, 0.3) is 11.0 Å². The van der Waals surface area contributed by atoms with Gasteiger partial charge in [0.2, 0.25) is 0 Å². The summed E-state index contributed by atoms with van der Waals surface area (Å²) >= 11 is 6.49. The van der Waals surface area contributed by atoms with Crippen LogP contribution in [0, 0.1) is 5.92 Å². The van der Waals surface area contributed by atoms with Crippen LogP contribution in [0.4, 0.5) is 0 Å². The number of amides is 1. The molecule has 2 heterocycles. The predicted octanol–water partition coefficient (Wildman–Crippen LogP) is 2.63. The molecule has 2 aliphatic rings. The van der Waals surface area contributed by atoms with Gasteiger partial charge in [-0.05, 0) is 44.2 Å². The minimum Gasteiger partial charge on any atom is -0.493 e. The Labute approximate surface area is 157 Å². The first-order valence-electron chi connectivity index (χ1n) is 9.22. The highest BCUT2D eigenvalue weighted by Gasteiger charge is 2.29. The van der Waals surface area contributed by atoms with E-state index < -0.39 is 5.91 Å². The van der Waals surface area contributed by atoms with Crippen LogP contribution in [-0.2, 0) is 0 Å². The highest BCUT2D eigenvalue weighted by molar-refractivity contribution is 6.35. The molecular weight excluding hydrogens is 354 g/mol. The largest absolute Gasteiger partial charge is 0.493 e. The number of nitrogens with zero attached hydrogens (tertiary/aromatic N) is 4. The molecule has 1 aromatic heterocycles. The third-order valence-corrected chi connectivity index (χ3v) is 5.70. The van der Waals surface area contributed by atoms with Gasteiger partial charge in [-0.1, -0.05) is 23.2 Å². The van der Waals surface area contributed by atoms with Gasteiger partial charge in [-0.2, -0.15) is 0 Å². The molecule has 0 spiro atoms. The van der Waals surface area contributed by atoms with E-state index >= 15 is 0 Å². The molecule has 2 N–H and O–H groups in total. The number of carbonyl (C=O) groups is 1. The lowest BCUT2D eigenvalue weighted by molar-refractivity contribution is 0.0997. The van der Waals surface area contributed by atoms with Gasteiger partial charge in [0.15, 0.2) is 11.3 Å². The summed E-state index contributed by atoms with van der Waals surface area (Å²) in [6, 6.07) is 1.77. The number of benzene rings is 1. The molecule has 1 aliphatic carbocycles. The van der Waals surface area contributed by atoms with Gasteiger partial charge in [-0.15, -0.1) is 5.10 Å². The molecule has 7 nitrogen and oxygen atoms in total. The van der Waals surface area contributed by atoms with Gasteiger partial charge in [0.1, 0.15) is 5.52 Å². The van der Waals surface area contributed by atoms with Crippen LogP contribution in [-0.4, -0.2) is 52.5 Å². The van der Waals surface area contributed by atoms with Crippen molar-refractivity contribution in [3.8, 4) is 5.75 Å². The summed E-state index contributed by atoms with van der Waals surface area (Å²) in [5, 5.41) is 9.09. The van der Waals surface area contributed by atoms with Gasteiger partial charge in [-0.3, -0.25) is 4.79 Å². The Balaban J connectivity index is 1.72. The van der Waals surface area contributed by atoms with Crippen LogP contribution in [0.3, 0.4) is 0 Å². The van der Waals surface area contributed by atoms with Crippen LogP contribution < -0.4 is 10.5 Å². The predicted molar refractivity (Wildman–Crippen MR) is 99.7 cm³/mol. The number of hydrogen-bond acceptors (Lipinski definition) is 5. The highest BCUT2D eigenvalue weighted by Crippen LogP contribution is 2.36. The summed E-state index contributed by atoms with van der Waals surface area (Å²) in [4.78, 5) is 14.3. The molecule has 26 heavy (non-hydrogen) atoms. The summed E-state index contributed by atoms with van der Waals surface area (Å²) in [6.45, 7) is 3.26. The van der Waals surface area contributed by atoms with Gasteiger partial charge < -0.3 is 15.4 Å². The van der Waals surface area contributed by atoms with E-state index in [1.807, 2.05) is 4.68 Å². The molecule has 140 valence electrons. The van der Waals surface area contributed by atoms with Crippen molar-refractivity contribution in [3.05, 3.63) is 16.7 Å². The molecule has 1 unspecified atom stereocenters. The second-order valence-corrected chi connectivity index (χ2v) is 7.79. The van der Waals surface area contributed by atoms with E-state index in [-0.39, 0.29) is 11.6 Å². The first-order chi connectivity index (χ1) is 12.6. The number of halogens is 1. The average Bonchev–Trinajstić information content (AvgIpc) is 3.37. The van der Waals surface area contributed by atoms with Gasteiger partial charge in [0, 0.05) is 13.1 Å². The molecule has 4 rings (SSSR count). The molecule has 1 amide bonds. The molecular formula is C18H24ClN5O2. The summed E-state index contributed by atoms with van der Waals surface area (Å²) < 4.78 is 7.31. The van der Waals surface area contributed by atoms with Crippen molar-refractivity contribution in [2.45, 2.75) is 38.1 Å². The summed E-state index contributed by atoms with van der Waals surface area (Å²) in [7, 11) is 1.50. The summed E-state index contributed by atoms with van der Waals surface area (Å²) in [6.07, 6.45) is 6.11. The summed E-state index contributed by atoms with van der Waals surface area (Å²) in [5.74, 6) is 0.611. The van der Waals surface area contributed by atoms with E-state index in [0.717, 1.165) is 31.8 Å². The molecule has 1 saturated carbocycles. The number of aromatic nitrogens is 3. The van der Waals surface area contributed by atoms with E-state index in [2.05, 4.69) is 15.2 Å². The van der Waals surface area contributed by atoms with Crippen molar-refractivity contribution in [2.24, 2.45) is 11.7 Å². The van der Waals surface area contributed by atoms with Crippen LogP contribution in [0.15, 0.2) is 6.07 Å². The van der Waals surface area contributed by atoms with E-state index in [4.69, 9.17) is 22.1 Å². The smallest absolute Gasteiger partial charge is 0.252 e. The van der Waals surface area contributed by atoms with E-state index in [1.165, 1.54) is 32.9 Å².